The Balaban J connectivity index is 2.22. The maximum atomic E-state index is 12.5. The Kier molecular flexibility index (Phi) is 6.31. The van der Waals surface area contributed by atoms with E-state index in [0.717, 1.165) is 0 Å². The maximum absolute atomic E-state index is 12.5. The summed E-state index contributed by atoms with van der Waals surface area (Å²) in [7, 11) is 2.83. The molecule has 0 saturated heterocycles. The number of anilines is 1. The Bertz CT molecular complexity index is 853. The van der Waals surface area contributed by atoms with Crippen LogP contribution in [-0.4, -0.2) is 30.2 Å². The van der Waals surface area contributed by atoms with E-state index in [0.29, 0.717) is 11.5 Å². The number of nitrogens with zero attached hydrogens (tertiary/aromatic N) is 1. The molecule has 26 heavy (non-hydrogen) atoms. The number of carbonyl (C=O) groups is 1. The lowest BCUT2D eigenvalue weighted by Crippen LogP contribution is -2.34. The largest absolute Gasteiger partial charge is 0.496 e. The van der Waals surface area contributed by atoms with E-state index in [-0.39, 0.29) is 27.1 Å². The van der Waals surface area contributed by atoms with Crippen molar-refractivity contribution in [2.24, 2.45) is 0 Å². The fourth-order valence-corrected chi connectivity index (χ4v) is 2.52. The second-order valence-corrected chi connectivity index (χ2v) is 5.71. The van der Waals surface area contributed by atoms with Gasteiger partial charge in [-0.2, -0.15) is 0 Å². The van der Waals surface area contributed by atoms with Crippen LogP contribution in [0.25, 0.3) is 0 Å². The van der Waals surface area contributed by atoms with Crippen LogP contribution in [0.2, 0.25) is 5.02 Å². The molecule has 0 unspecified atom stereocenters. The predicted octanol–water partition coefficient (Wildman–Crippen LogP) is 3.39. The van der Waals surface area contributed by atoms with Crippen molar-refractivity contribution in [2.75, 3.05) is 19.5 Å². The Morgan fingerprint density at radius 3 is 2.35 bits per heavy atom. The molecule has 0 saturated carbocycles. The third kappa shape index (κ3) is 4.38. The molecule has 136 valence electrons. The summed E-state index contributed by atoms with van der Waals surface area (Å²) in [6.07, 6.45) is 0. The predicted molar refractivity (Wildman–Crippen MR) is 101 cm³/mol. The molecule has 0 aliphatic carbocycles. The van der Waals surface area contributed by atoms with Gasteiger partial charge in [-0.05, 0) is 36.5 Å². The molecule has 2 rings (SSSR count). The number of methoxy groups -OCH3 is 2. The maximum Gasteiger partial charge on any atom is 0.294 e. The molecule has 0 fully saturated rings. The third-order valence-electron chi connectivity index (χ3n) is 3.29. The van der Waals surface area contributed by atoms with Gasteiger partial charge >= 0.3 is 0 Å². The zero-order valence-corrected chi connectivity index (χ0v) is 15.3. The second-order valence-electron chi connectivity index (χ2n) is 4.86. The van der Waals surface area contributed by atoms with E-state index in [1.54, 1.807) is 18.2 Å². The molecular formula is C16H14ClN3O5S. The van der Waals surface area contributed by atoms with Crippen LogP contribution < -0.4 is 20.1 Å². The molecule has 0 radical (unpaired) electrons. The number of ether oxygens (including phenoxy) is 2. The first kappa shape index (κ1) is 19.4. The highest BCUT2D eigenvalue weighted by Gasteiger charge is 2.20. The number of nitro benzene ring substituents is 1. The van der Waals surface area contributed by atoms with Crippen molar-refractivity contribution in [3.05, 3.63) is 57.1 Å². The lowest BCUT2D eigenvalue weighted by atomic mass is 10.1. The van der Waals surface area contributed by atoms with E-state index in [1.165, 1.54) is 32.4 Å². The van der Waals surface area contributed by atoms with Crippen LogP contribution >= 0.6 is 23.8 Å². The molecule has 0 bridgehead atoms. The standard InChI is InChI=1S/C16H14ClN3O5S/c1-24-12-4-3-5-13(25-2)14(12)15(21)19-16(26)18-10-7-6-9(17)8-11(10)20(22)23/h3-8H,1-2H3,(H2,18,19,21,26). The molecule has 0 spiro atoms. The van der Waals surface area contributed by atoms with E-state index >= 15 is 0 Å². The molecule has 10 heteroatoms. The molecule has 2 N–H and O–H groups in total. The number of thiocarbonyl (C=S) groups is 1. The van der Waals surface area contributed by atoms with Crippen LogP contribution in [0.4, 0.5) is 11.4 Å². The molecule has 1 amide bonds. The van der Waals surface area contributed by atoms with Gasteiger partial charge in [0.25, 0.3) is 11.6 Å². The average molecular weight is 396 g/mol. The first-order chi connectivity index (χ1) is 12.4. The van der Waals surface area contributed by atoms with Gasteiger partial charge in [0.15, 0.2) is 5.11 Å². The highest BCUT2D eigenvalue weighted by Crippen LogP contribution is 2.29. The number of carbonyl (C=O) groups excluding carboxylic acids is 1. The number of halogens is 1. The van der Waals surface area contributed by atoms with Crippen LogP contribution in [0, 0.1) is 10.1 Å². The van der Waals surface area contributed by atoms with Crippen molar-refractivity contribution in [3.8, 4) is 11.5 Å². The van der Waals surface area contributed by atoms with Gasteiger partial charge in [-0.25, -0.2) is 0 Å². The molecule has 0 heterocycles. The van der Waals surface area contributed by atoms with Gasteiger partial charge in [-0.1, -0.05) is 17.7 Å². The normalized spacial score (nSPS) is 9.96. The van der Waals surface area contributed by atoms with Crippen LogP contribution in [0.5, 0.6) is 11.5 Å². The highest BCUT2D eigenvalue weighted by atomic mass is 35.5. The van der Waals surface area contributed by atoms with Crippen LogP contribution in [-0.2, 0) is 0 Å². The fraction of sp³-hybridized carbons (Fsp3) is 0.125. The summed E-state index contributed by atoms with van der Waals surface area (Å²) in [6.45, 7) is 0. The minimum Gasteiger partial charge on any atom is -0.496 e. The van der Waals surface area contributed by atoms with Crippen molar-refractivity contribution >= 4 is 46.2 Å². The number of nitro groups is 1. The third-order valence-corrected chi connectivity index (χ3v) is 3.73. The number of amides is 1. The topological polar surface area (TPSA) is 103 Å². The van der Waals surface area contributed by atoms with Crippen molar-refractivity contribution < 1.29 is 19.2 Å². The monoisotopic (exact) mass is 395 g/mol. The highest BCUT2D eigenvalue weighted by molar-refractivity contribution is 7.80. The minimum atomic E-state index is -0.609. The van der Waals surface area contributed by atoms with E-state index in [2.05, 4.69) is 10.6 Å². The molecular weight excluding hydrogens is 382 g/mol. The van der Waals surface area contributed by atoms with E-state index in [1.807, 2.05) is 0 Å². The van der Waals surface area contributed by atoms with Gasteiger partial charge < -0.3 is 14.8 Å². The van der Waals surface area contributed by atoms with E-state index in [9.17, 15) is 14.9 Å². The smallest absolute Gasteiger partial charge is 0.294 e. The molecule has 0 aliphatic heterocycles. The Hall–Kier alpha value is -2.91. The lowest BCUT2D eigenvalue weighted by molar-refractivity contribution is -0.383. The van der Waals surface area contributed by atoms with Crippen LogP contribution in [0.3, 0.4) is 0 Å². The number of benzene rings is 2. The van der Waals surface area contributed by atoms with Gasteiger partial charge in [-0.3, -0.25) is 20.2 Å². The summed E-state index contributed by atoms with van der Waals surface area (Å²) in [6, 6.07) is 8.89. The van der Waals surface area contributed by atoms with Gasteiger partial charge in [0.1, 0.15) is 22.7 Å². The zero-order valence-electron chi connectivity index (χ0n) is 13.7. The Morgan fingerprint density at radius 1 is 1.19 bits per heavy atom. The molecule has 8 nitrogen and oxygen atoms in total. The number of rotatable bonds is 5. The van der Waals surface area contributed by atoms with Gasteiger partial charge in [-0.15, -0.1) is 0 Å². The first-order valence-electron chi connectivity index (χ1n) is 7.14. The summed E-state index contributed by atoms with van der Waals surface area (Å²) >= 11 is 10.8. The molecule has 2 aromatic carbocycles. The van der Waals surface area contributed by atoms with Gasteiger partial charge in [0.2, 0.25) is 0 Å². The summed E-state index contributed by atoms with van der Waals surface area (Å²) in [4.78, 5) is 23.0. The van der Waals surface area contributed by atoms with Gasteiger partial charge in [0, 0.05) is 11.1 Å². The average Bonchev–Trinajstić information content (AvgIpc) is 2.61. The van der Waals surface area contributed by atoms with Crippen molar-refractivity contribution in [3.63, 3.8) is 0 Å². The zero-order chi connectivity index (χ0) is 19.3. The van der Waals surface area contributed by atoms with E-state index in [4.69, 9.17) is 33.3 Å². The Labute approximate surface area is 159 Å². The molecule has 2 aromatic rings. The number of hydrogen-bond donors (Lipinski definition) is 2. The summed E-state index contributed by atoms with van der Waals surface area (Å²) in [5, 5.41) is 16.2. The summed E-state index contributed by atoms with van der Waals surface area (Å²) < 4.78 is 10.3. The summed E-state index contributed by atoms with van der Waals surface area (Å²) in [5.41, 5.74) is -0.0343. The van der Waals surface area contributed by atoms with Crippen molar-refractivity contribution in [1.82, 2.24) is 5.32 Å². The quantitative estimate of drug-likeness (QED) is 0.454. The Morgan fingerprint density at radius 2 is 1.81 bits per heavy atom. The molecule has 0 aromatic heterocycles. The SMILES string of the molecule is COc1cccc(OC)c1C(=O)NC(=S)Nc1ccc(Cl)cc1[N+](=O)[O-]. The van der Waals surface area contributed by atoms with Crippen molar-refractivity contribution in [2.45, 2.75) is 0 Å². The second kappa shape index (κ2) is 8.45. The summed E-state index contributed by atoms with van der Waals surface area (Å²) in [5.74, 6) is -0.00216. The van der Waals surface area contributed by atoms with Crippen LogP contribution in [0.15, 0.2) is 36.4 Å². The van der Waals surface area contributed by atoms with Crippen molar-refractivity contribution in [1.29, 1.82) is 0 Å². The van der Waals surface area contributed by atoms with Crippen LogP contribution in [0.1, 0.15) is 10.4 Å². The van der Waals surface area contributed by atoms with E-state index < -0.39 is 10.8 Å². The molecule has 0 atom stereocenters. The lowest BCUT2D eigenvalue weighted by Gasteiger charge is -2.14. The fourth-order valence-electron chi connectivity index (χ4n) is 2.16. The minimum absolute atomic E-state index is 0.0942. The molecule has 0 aliphatic rings. The van der Waals surface area contributed by atoms with Gasteiger partial charge in [0.05, 0.1) is 19.1 Å². The number of nitrogens with one attached hydrogen (secondary N) is 2. The number of hydrogen-bond acceptors (Lipinski definition) is 6. The first-order valence-corrected chi connectivity index (χ1v) is 7.93.